The highest BCUT2D eigenvalue weighted by atomic mass is 16.7. The van der Waals surface area contributed by atoms with Crippen LogP contribution in [0.15, 0.2) is 91.1 Å². The van der Waals surface area contributed by atoms with Crippen LogP contribution in [0.25, 0.3) is 22.4 Å². The summed E-state index contributed by atoms with van der Waals surface area (Å²) in [4.78, 5) is 4.89. The summed E-state index contributed by atoms with van der Waals surface area (Å²) in [6.45, 7) is 16.7. The Hall–Kier alpha value is -3.22. The Kier molecular flexibility index (Phi) is 7.90. The van der Waals surface area contributed by atoms with E-state index >= 15 is 0 Å². The highest BCUT2D eigenvalue weighted by Gasteiger charge is 2.54. The van der Waals surface area contributed by atoms with Gasteiger partial charge in [0.2, 0.25) is 0 Å². The van der Waals surface area contributed by atoms with Crippen LogP contribution in [0.2, 0.25) is 0 Å². The van der Waals surface area contributed by atoms with Crippen LogP contribution in [0.4, 0.5) is 0 Å². The van der Waals surface area contributed by atoms with E-state index in [2.05, 4.69) is 134 Å². The molecule has 0 bridgehead atoms. The fraction of sp³-hybridized carbons (Fsp3) is 0.378. The Morgan fingerprint density at radius 1 is 0.545 bits per heavy atom. The van der Waals surface area contributed by atoms with Gasteiger partial charge in [0.25, 0.3) is 0 Å². The van der Waals surface area contributed by atoms with E-state index in [-0.39, 0.29) is 0 Å². The van der Waals surface area contributed by atoms with Gasteiger partial charge in [-0.3, -0.25) is 4.98 Å². The number of pyridine rings is 1. The molecule has 0 radical (unpaired) electrons. The number of hydrogen-bond acceptors (Lipinski definition) is 5. The summed E-state index contributed by atoms with van der Waals surface area (Å²) in [5.74, 6) is 0. The Morgan fingerprint density at radius 2 is 1.00 bits per heavy atom. The number of nitrogens with zero attached hydrogens (tertiary/aromatic N) is 1. The van der Waals surface area contributed by atoms with Crippen molar-refractivity contribution in [1.29, 1.82) is 0 Å². The van der Waals surface area contributed by atoms with Crippen LogP contribution in [0.5, 0.6) is 0 Å². The molecule has 0 aliphatic carbocycles. The lowest BCUT2D eigenvalue weighted by atomic mass is 9.70. The van der Waals surface area contributed by atoms with E-state index in [0.717, 1.165) is 35.0 Å². The maximum absolute atomic E-state index is 6.49. The largest absolute Gasteiger partial charge is 0.494 e. The molecule has 226 valence electrons. The first-order chi connectivity index (χ1) is 20.7. The standard InChI is InChI=1S/C37H43B2NO4/c1-34(2)35(3,4)42-38(41-34)30-21-26(22-31(23-30)39-43-36(5,6)37(7,8)44-39)19-20-29-25-40-33(28-17-13-10-14-18-28)24-32(29)27-15-11-9-12-16-27/h9-18,21-25H,19-20H2,1-8H3. The summed E-state index contributed by atoms with van der Waals surface area (Å²) >= 11 is 0. The quantitative estimate of drug-likeness (QED) is 0.223. The summed E-state index contributed by atoms with van der Waals surface area (Å²) in [6.07, 6.45) is 3.67. The molecule has 2 aliphatic heterocycles. The number of rotatable bonds is 7. The first kappa shape index (κ1) is 30.8. The van der Waals surface area contributed by atoms with Gasteiger partial charge in [0.15, 0.2) is 0 Å². The Morgan fingerprint density at radius 3 is 1.48 bits per heavy atom. The molecule has 0 unspecified atom stereocenters. The molecular formula is C37H43B2NO4. The van der Waals surface area contributed by atoms with E-state index in [9.17, 15) is 0 Å². The third-order valence-corrected chi connectivity index (χ3v) is 9.91. The molecule has 3 aromatic carbocycles. The average Bonchev–Trinajstić information content (AvgIpc) is 3.36. The molecule has 0 atom stereocenters. The van der Waals surface area contributed by atoms with Crippen molar-refractivity contribution in [2.24, 2.45) is 0 Å². The van der Waals surface area contributed by atoms with Gasteiger partial charge < -0.3 is 18.6 Å². The number of benzene rings is 3. The molecule has 0 saturated carbocycles. The second-order valence-electron chi connectivity index (χ2n) is 14.1. The van der Waals surface area contributed by atoms with Gasteiger partial charge in [-0.2, -0.15) is 0 Å². The summed E-state index contributed by atoms with van der Waals surface area (Å²) in [7, 11) is -0.958. The third-order valence-electron chi connectivity index (χ3n) is 9.91. The predicted molar refractivity (Wildman–Crippen MR) is 180 cm³/mol. The minimum Gasteiger partial charge on any atom is -0.399 e. The van der Waals surface area contributed by atoms with Gasteiger partial charge in [0.05, 0.1) is 28.1 Å². The van der Waals surface area contributed by atoms with Gasteiger partial charge in [0.1, 0.15) is 0 Å². The molecule has 0 amide bonds. The maximum atomic E-state index is 6.49. The normalized spacial score (nSPS) is 19.8. The number of hydrogen-bond donors (Lipinski definition) is 0. The molecule has 4 aromatic rings. The molecule has 44 heavy (non-hydrogen) atoms. The second-order valence-corrected chi connectivity index (χ2v) is 14.1. The molecule has 2 fully saturated rings. The highest BCUT2D eigenvalue weighted by molar-refractivity contribution is 6.66. The number of aryl methyl sites for hydroxylation is 2. The molecule has 7 heteroatoms. The Bertz CT molecular complexity index is 1550. The second kappa shape index (κ2) is 11.3. The molecular weight excluding hydrogens is 544 g/mol. The van der Waals surface area contributed by atoms with E-state index in [0.29, 0.717) is 0 Å². The van der Waals surface area contributed by atoms with E-state index < -0.39 is 36.6 Å². The fourth-order valence-electron chi connectivity index (χ4n) is 5.74. The zero-order chi connectivity index (χ0) is 31.3. The van der Waals surface area contributed by atoms with Crippen LogP contribution in [-0.4, -0.2) is 41.6 Å². The van der Waals surface area contributed by atoms with Gasteiger partial charge in [-0.1, -0.05) is 78.9 Å². The van der Waals surface area contributed by atoms with Gasteiger partial charge >= 0.3 is 14.2 Å². The minimum absolute atomic E-state index is 0.436. The van der Waals surface area contributed by atoms with Crippen LogP contribution in [0, 0.1) is 0 Å². The van der Waals surface area contributed by atoms with Crippen LogP contribution in [0.1, 0.15) is 66.5 Å². The minimum atomic E-state index is -0.479. The molecule has 6 rings (SSSR count). The molecule has 0 N–H and O–H groups in total. The molecule has 1 aromatic heterocycles. The first-order valence-electron chi connectivity index (χ1n) is 15.7. The van der Waals surface area contributed by atoms with Crippen molar-refractivity contribution < 1.29 is 18.6 Å². The molecule has 0 spiro atoms. The molecule has 3 heterocycles. The van der Waals surface area contributed by atoms with Crippen LogP contribution < -0.4 is 10.9 Å². The summed E-state index contributed by atoms with van der Waals surface area (Å²) in [6, 6.07) is 29.7. The van der Waals surface area contributed by atoms with Gasteiger partial charge in [-0.05, 0) is 107 Å². The van der Waals surface area contributed by atoms with Crippen LogP contribution in [-0.2, 0) is 31.5 Å². The van der Waals surface area contributed by atoms with Gasteiger partial charge in [-0.25, -0.2) is 0 Å². The maximum Gasteiger partial charge on any atom is 0.494 e. The lowest BCUT2D eigenvalue weighted by Crippen LogP contribution is -2.41. The van der Waals surface area contributed by atoms with Crippen molar-refractivity contribution in [1.82, 2.24) is 4.98 Å². The highest BCUT2D eigenvalue weighted by Crippen LogP contribution is 2.38. The zero-order valence-corrected chi connectivity index (χ0v) is 27.3. The van der Waals surface area contributed by atoms with Crippen molar-refractivity contribution >= 4 is 25.2 Å². The molecule has 2 saturated heterocycles. The van der Waals surface area contributed by atoms with Gasteiger partial charge in [-0.15, -0.1) is 0 Å². The lowest BCUT2D eigenvalue weighted by Gasteiger charge is -2.32. The van der Waals surface area contributed by atoms with Crippen molar-refractivity contribution in [3.8, 4) is 22.4 Å². The monoisotopic (exact) mass is 587 g/mol. The van der Waals surface area contributed by atoms with Crippen molar-refractivity contribution in [3.63, 3.8) is 0 Å². The lowest BCUT2D eigenvalue weighted by molar-refractivity contribution is 0.00578. The van der Waals surface area contributed by atoms with E-state index in [1.54, 1.807) is 0 Å². The summed E-state index contributed by atoms with van der Waals surface area (Å²) < 4.78 is 25.9. The van der Waals surface area contributed by atoms with Crippen LogP contribution in [0.3, 0.4) is 0 Å². The van der Waals surface area contributed by atoms with Crippen molar-refractivity contribution in [2.75, 3.05) is 0 Å². The van der Waals surface area contributed by atoms with Crippen molar-refractivity contribution in [3.05, 3.63) is 102 Å². The zero-order valence-electron chi connectivity index (χ0n) is 27.3. The predicted octanol–water partition coefficient (Wildman–Crippen LogP) is 6.80. The fourth-order valence-corrected chi connectivity index (χ4v) is 5.74. The first-order valence-corrected chi connectivity index (χ1v) is 15.7. The van der Waals surface area contributed by atoms with Crippen molar-refractivity contribution in [2.45, 2.75) is 90.6 Å². The van der Waals surface area contributed by atoms with Gasteiger partial charge in [0, 0.05) is 11.8 Å². The van der Waals surface area contributed by atoms with E-state index in [1.165, 1.54) is 22.3 Å². The van der Waals surface area contributed by atoms with Crippen LogP contribution >= 0.6 is 0 Å². The number of aromatic nitrogens is 1. The third kappa shape index (κ3) is 5.91. The summed E-state index contributed by atoms with van der Waals surface area (Å²) in [5, 5.41) is 0. The smallest absolute Gasteiger partial charge is 0.399 e. The molecule has 2 aliphatic rings. The molecule has 5 nitrogen and oxygen atoms in total. The SMILES string of the molecule is CC1(C)OB(c2cc(CCc3cnc(-c4ccccc4)cc3-c3ccccc3)cc(B3OC(C)(C)C(C)(C)O3)c2)OC1(C)C. The Balaban J connectivity index is 1.35. The average molecular weight is 587 g/mol. The Labute approximate surface area is 263 Å². The summed E-state index contributed by atoms with van der Waals surface area (Å²) in [5.41, 5.74) is 7.06. The van der Waals surface area contributed by atoms with E-state index in [1.807, 2.05) is 12.3 Å². The van der Waals surface area contributed by atoms with E-state index in [4.69, 9.17) is 23.6 Å². The topological polar surface area (TPSA) is 49.8 Å².